The van der Waals surface area contributed by atoms with Crippen molar-refractivity contribution >= 4 is 23.1 Å². The fourth-order valence-electron chi connectivity index (χ4n) is 2.28. The molecule has 1 fully saturated rings. The van der Waals surface area contributed by atoms with E-state index in [4.69, 9.17) is 0 Å². The molecule has 2 unspecified atom stereocenters. The standard InChI is InChI=1S/C14H23NS2/c1-10-5-6-12(17-10)11(2)15-13-9-16-8-7-14(13,3)4/h5-6,11,13,15H,7-9H2,1-4H3. The summed E-state index contributed by atoms with van der Waals surface area (Å²) in [7, 11) is 0. The van der Waals surface area contributed by atoms with Gasteiger partial charge in [0.2, 0.25) is 0 Å². The van der Waals surface area contributed by atoms with Crippen molar-refractivity contribution in [2.45, 2.75) is 46.2 Å². The van der Waals surface area contributed by atoms with Gasteiger partial charge in [-0.05, 0) is 43.6 Å². The van der Waals surface area contributed by atoms with Crippen LogP contribution in [0.15, 0.2) is 12.1 Å². The highest BCUT2D eigenvalue weighted by Gasteiger charge is 2.33. The predicted octanol–water partition coefficient (Wildman–Crippen LogP) is 4.24. The molecule has 0 radical (unpaired) electrons. The molecular weight excluding hydrogens is 246 g/mol. The van der Waals surface area contributed by atoms with Crippen LogP contribution < -0.4 is 5.32 Å². The molecule has 2 atom stereocenters. The van der Waals surface area contributed by atoms with Crippen LogP contribution in [0.2, 0.25) is 0 Å². The SMILES string of the molecule is Cc1ccc(C(C)NC2CSCCC2(C)C)s1. The maximum atomic E-state index is 3.83. The largest absolute Gasteiger partial charge is 0.305 e. The molecule has 0 aromatic carbocycles. The normalized spacial score (nSPS) is 25.8. The first-order valence-electron chi connectivity index (χ1n) is 6.39. The Bertz CT molecular complexity index is 370. The van der Waals surface area contributed by atoms with Gasteiger partial charge in [-0.25, -0.2) is 0 Å². The summed E-state index contributed by atoms with van der Waals surface area (Å²) in [5, 5.41) is 3.83. The highest BCUT2D eigenvalue weighted by Crippen LogP contribution is 2.35. The Balaban J connectivity index is 2.00. The van der Waals surface area contributed by atoms with Gasteiger partial charge in [-0.1, -0.05) is 13.8 Å². The van der Waals surface area contributed by atoms with Gasteiger partial charge in [0.25, 0.3) is 0 Å². The van der Waals surface area contributed by atoms with Crippen molar-refractivity contribution in [2.24, 2.45) is 5.41 Å². The third-order valence-electron chi connectivity index (χ3n) is 3.76. The molecular formula is C14H23NS2. The quantitative estimate of drug-likeness (QED) is 0.881. The van der Waals surface area contributed by atoms with E-state index < -0.39 is 0 Å². The molecule has 1 aromatic rings. The van der Waals surface area contributed by atoms with Gasteiger partial charge in [0, 0.05) is 27.6 Å². The van der Waals surface area contributed by atoms with E-state index in [1.165, 1.54) is 27.7 Å². The number of hydrogen-bond donors (Lipinski definition) is 1. The Kier molecular flexibility index (Phi) is 4.22. The van der Waals surface area contributed by atoms with Crippen LogP contribution in [0.4, 0.5) is 0 Å². The number of thioether (sulfide) groups is 1. The maximum Gasteiger partial charge on any atom is 0.0388 e. The summed E-state index contributed by atoms with van der Waals surface area (Å²) >= 11 is 4.00. The van der Waals surface area contributed by atoms with Crippen LogP contribution in [0.5, 0.6) is 0 Å². The van der Waals surface area contributed by atoms with Crippen molar-refractivity contribution in [1.82, 2.24) is 5.32 Å². The number of rotatable bonds is 3. The van der Waals surface area contributed by atoms with Gasteiger partial charge in [0.05, 0.1) is 0 Å². The second-order valence-corrected chi connectivity index (χ2v) is 8.17. The molecule has 17 heavy (non-hydrogen) atoms. The average Bonchev–Trinajstić information content (AvgIpc) is 2.68. The number of aryl methyl sites for hydroxylation is 1. The fourth-order valence-corrected chi connectivity index (χ4v) is 4.79. The monoisotopic (exact) mass is 269 g/mol. The lowest BCUT2D eigenvalue weighted by Gasteiger charge is -2.40. The Morgan fingerprint density at radius 1 is 1.41 bits per heavy atom. The van der Waals surface area contributed by atoms with Gasteiger partial charge in [0.15, 0.2) is 0 Å². The average molecular weight is 269 g/mol. The molecule has 1 nitrogen and oxygen atoms in total. The van der Waals surface area contributed by atoms with E-state index in [0.717, 1.165) is 0 Å². The van der Waals surface area contributed by atoms with Gasteiger partial charge in [0.1, 0.15) is 0 Å². The molecule has 1 aliphatic rings. The minimum atomic E-state index is 0.436. The lowest BCUT2D eigenvalue weighted by molar-refractivity contribution is 0.232. The summed E-state index contributed by atoms with van der Waals surface area (Å²) in [4.78, 5) is 2.87. The zero-order valence-corrected chi connectivity index (χ0v) is 12.9. The van der Waals surface area contributed by atoms with Crippen molar-refractivity contribution < 1.29 is 0 Å². The lowest BCUT2D eigenvalue weighted by Crippen LogP contribution is -2.47. The molecule has 2 rings (SSSR count). The molecule has 0 saturated carbocycles. The van der Waals surface area contributed by atoms with E-state index >= 15 is 0 Å². The van der Waals surface area contributed by atoms with E-state index in [9.17, 15) is 0 Å². The summed E-state index contributed by atoms with van der Waals surface area (Å²) in [5.41, 5.74) is 0.436. The van der Waals surface area contributed by atoms with Crippen molar-refractivity contribution in [1.29, 1.82) is 0 Å². The van der Waals surface area contributed by atoms with Gasteiger partial charge in [-0.3, -0.25) is 0 Å². The minimum absolute atomic E-state index is 0.436. The number of hydrogen-bond acceptors (Lipinski definition) is 3. The molecule has 0 amide bonds. The van der Waals surface area contributed by atoms with Gasteiger partial charge >= 0.3 is 0 Å². The minimum Gasteiger partial charge on any atom is -0.305 e. The van der Waals surface area contributed by atoms with Gasteiger partial charge in [-0.15, -0.1) is 11.3 Å². The smallest absolute Gasteiger partial charge is 0.0388 e. The van der Waals surface area contributed by atoms with Crippen LogP contribution >= 0.6 is 23.1 Å². The van der Waals surface area contributed by atoms with Crippen molar-refractivity contribution in [3.8, 4) is 0 Å². The summed E-state index contributed by atoms with van der Waals surface area (Å²) in [6.45, 7) is 9.27. The summed E-state index contributed by atoms with van der Waals surface area (Å²) in [5.74, 6) is 2.57. The molecule has 2 heterocycles. The Morgan fingerprint density at radius 3 is 2.76 bits per heavy atom. The summed E-state index contributed by atoms with van der Waals surface area (Å²) in [6, 6.07) is 5.61. The van der Waals surface area contributed by atoms with Crippen LogP contribution in [0, 0.1) is 12.3 Å². The van der Waals surface area contributed by atoms with Crippen LogP contribution in [-0.2, 0) is 0 Å². The van der Waals surface area contributed by atoms with Crippen LogP contribution in [0.1, 0.15) is 43.0 Å². The molecule has 1 saturated heterocycles. The van der Waals surface area contributed by atoms with Gasteiger partial charge < -0.3 is 5.32 Å². The zero-order chi connectivity index (χ0) is 12.5. The van der Waals surface area contributed by atoms with Crippen molar-refractivity contribution in [2.75, 3.05) is 11.5 Å². The molecule has 1 aromatic heterocycles. The first-order chi connectivity index (χ1) is 7.99. The van der Waals surface area contributed by atoms with E-state index in [1.54, 1.807) is 0 Å². The Morgan fingerprint density at radius 2 is 2.18 bits per heavy atom. The fraction of sp³-hybridized carbons (Fsp3) is 0.714. The molecule has 0 aliphatic carbocycles. The Hall–Kier alpha value is 0.01000. The van der Waals surface area contributed by atoms with Crippen LogP contribution in [-0.4, -0.2) is 17.5 Å². The molecule has 0 bridgehead atoms. The highest BCUT2D eigenvalue weighted by molar-refractivity contribution is 7.99. The zero-order valence-electron chi connectivity index (χ0n) is 11.2. The third kappa shape index (κ3) is 3.27. The summed E-state index contributed by atoms with van der Waals surface area (Å²) < 4.78 is 0. The van der Waals surface area contributed by atoms with Crippen LogP contribution in [0.3, 0.4) is 0 Å². The summed E-state index contributed by atoms with van der Waals surface area (Å²) in [6.07, 6.45) is 1.32. The second kappa shape index (κ2) is 5.33. The lowest BCUT2D eigenvalue weighted by atomic mass is 9.82. The Labute approximate surface area is 113 Å². The maximum absolute atomic E-state index is 3.83. The van der Waals surface area contributed by atoms with Crippen molar-refractivity contribution in [3.05, 3.63) is 21.9 Å². The van der Waals surface area contributed by atoms with E-state index in [2.05, 4.69) is 56.9 Å². The molecule has 96 valence electrons. The number of thiophene rings is 1. The van der Waals surface area contributed by atoms with Gasteiger partial charge in [-0.2, -0.15) is 11.8 Å². The third-order valence-corrected chi connectivity index (χ3v) is 6.00. The molecule has 0 spiro atoms. The van der Waals surface area contributed by atoms with E-state index in [0.29, 0.717) is 17.5 Å². The topological polar surface area (TPSA) is 12.0 Å². The molecule has 3 heteroatoms. The highest BCUT2D eigenvalue weighted by atomic mass is 32.2. The van der Waals surface area contributed by atoms with Crippen molar-refractivity contribution in [3.63, 3.8) is 0 Å². The van der Waals surface area contributed by atoms with E-state index in [1.807, 2.05) is 11.3 Å². The first-order valence-corrected chi connectivity index (χ1v) is 8.36. The second-order valence-electron chi connectivity index (χ2n) is 5.70. The predicted molar refractivity (Wildman–Crippen MR) is 80.1 cm³/mol. The molecule has 1 N–H and O–H groups in total. The van der Waals surface area contributed by atoms with E-state index in [-0.39, 0.29) is 0 Å². The first kappa shape index (κ1) is 13.4. The molecule has 1 aliphatic heterocycles. The van der Waals surface area contributed by atoms with Crippen LogP contribution in [0.25, 0.3) is 0 Å². The number of nitrogens with one attached hydrogen (secondary N) is 1.